The molecule has 1 aliphatic carbocycles. The first-order valence-corrected chi connectivity index (χ1v) is 11.0. The van der Waals surface area contributed by atoms with Crippen LogP contribution in [0.2, 0.25) is 0 Å². The smallest absolute Gasteiger partial charge is 0.277 e. The van der Waals surface area contributed by atoms with Crippen molar-refractivity contribution >= 4 is 17.2 Å². The SMILES string of the molecule is O=C(c1ncoc1-c1ccccc1)N(Cc1nccs1)[C@@H]1CCCc2ccccc21. The van der Waals surface area contributed by atoms with Gasteiger partial charge in [0, 0.05) is 17.1 Å². The van der Waals surface area contributed by atoms with Crippen LogP contribution in [-0.4, -0.2) is 20.8 Å². The number of hydrogen-bond donors (Lipinski definition) is 0. The molecule has 0 aliphatic heterocycles. The predicted molar refractivity (Wildman–Crippen MR) is 116 cm³/mol. The van der Waals surface area contributed by atoms with Crippen molar-refractivity contribution in [2.75, 3.05) is 0 Å². The second-order valence-corrected chi connectivity index (χ2v) is 8.34. The molecule has 1 aliphatic rings. The minimum Gasteiger partial charge on any atom is -0.443 e. The Kier molecular flexibility index (Phi) is 5.15. The third-order valence-electron chi connectivity index (χ3n) is 5.57. The second-order valence-electron chi connectivity index (χ2n) is 7.36. The summed E-state index contributed by atoms with van der Waals surface area (Å²) in [5.41, 5.74) is 3.73. The summed E-state index contributed by atoms with van der Waals surface area (Å²) in [7, 11) is 0. The predicted octanol–water partition coefficient (Wildman–Crippen LogP) is 5.52. The molecular weight excluding hydrogens is 394 g/mol. The summed E-state index contributed by atoms with van der Waals surface area (Å²) in [4.78, 5) is 24.5. The standard InChI is InChI=1S/C24H21N3O2S/c28-24(22-23(29-16-26-22)18-8-2-1-3-9-18)27(15-21-25-13-14-30-21)20-12-6-10-17-7-4-5-11-19(17)20/h1-5,7-9,11,13-14,16,20H,6,10,12,15H2/t20-/m1/s1. The maximum absolute atomic E-state index is 13.8. The number of aromatic nitrogens is 2. The molecule has 6 heteroatoms. The molecule has 1 amide bonds. The van der Waals surface area contributed by atoms with Gasteiger partial charge in [-0.1, -0.05) is 54.6 Å². The number of fused-ring (bicyclic) bond motifs is 1. The van der Waals surface area contributed by atoms with E-state index in [-0.39, 0.29) is 11.9 Å². The van der Waals surface area contributed by atoms with Gasteiger partial charge in [-0.15, -0.1) is 11.3 Å². The number of aryl methyl sites for hydroxylation is 1. The molecule has 5 nitrogen and oxygen atoms in total. The maximum Gasteiger partial charge on any atom is 0.277 e. The van der Waals surface area contributed by atoms with Gasteiger partial charge in [0.15, 0.2) is 17.8 Å². The lowest BCUT2D eigenvalue weighted by atomic mass is 9.86. The third kappa shape index (κ3) is 3.55. The Hall–Kier alpha value is -3.25. The van der Waals surface area contributed by atoms with Gasteiger partial charge in [0.25, 0.3) is 5.91 Å². The monoisotopic (exact) mass is 415 g/mol. The van der Waals surface area contributed by atoms with E-state index in [1.807, 2.05) is 40.6 Å². The number of oxazole rings is 1. The van der Waals surface area contributed by atoms with Crippen molar-refractivity contribution in [2.45, 2.75) is 31.8 Å². The average Bonchev–Trinajstić information content (AvgIpc) is 3.49. The Balaban J connectivity index is 1.56. The minimum atomic E-state index is -0.125. The van der Waals surface area contributed by atoms with Gasteiger partial charge >= 0.3 is 0 Å². The molecule has 0 spiro atoms. The normalized spacial score (nSPS) is 15.5. The summed E-state index contributed by atoms with van der Waals surface area (Å²) < 4.78 is 5.64. The number of carbonyl (C=O) groups excluding carboxylic acids is 1. The first-order chi connectivity index (χ1) is 14.8. The lowest BCUT2D eigenvalue weighted by Gasteiger charge is -2.35. The fraction of sp³-hybridized carbons (Fsp3) is 0.208. The number of rotatable bonds is 5. The molecule has 5 rings (SSSR count). The molecule has 2 aromatic heterocycles. The summed E-state index contributed by atoms with van der Waals surface area (Å²) in [6.45, 7) is 0.455. The lowest BCUT2D eigenvalue weighted by Crippen LogP contribution is -2.36. The average molecular weight is 416 g/mol. The van der Waals surface area contributed by atoms with E-state index < -0.39 is 0 Å². The quantitative estimate of drug-likeness (QED) is 0.431. The first kappa shape index (κ1) is 18.8. The van der Waals surface area contributed by atoms with Crippen molar-refractivity contribution in [3.63, 3.8) is 0 Å². The number of nitrogens with zero attached hydrogens (tertiary/aromatic N) is 3. The highest BCUT2D eigenvalue weighted by atomic mass is 32.1. The van der Waals surface area contributed by atoms with Crippen molar-refractivity contribution in [1.29, 1.82) is 0 Å². The molecule has 150 valence electrons. The van der Waals surface area contributed by atoms with Crippen LogP contribution in [0.25, 0.3) is 11.3 Å². The zero-order valence-electron chi connectivity index (χ0n) is 16.4. The Labute approximate surface area is 179 Å². The minimum absolute atomic E-state index is 0.00771. The van der Waals surface area contributed by atoms with E-state index in [1.165, 1.54) is 17.5 Å². The highest BCUT2D eigenvalue weighted by molar-refractivity contribution is 7.09. The van der Waals surface area contributed by atoms with Crippen LogP contribution in [0.5, 0.6) is 0 Å². The van der Waals surface area contributed by atoms with E-state index in [4.69, 9.17) is 4.42 Å². The molecule has 30 heavy (non-hydrogen) atoms. The summed E-state index contributed by atoms with van der Waals surface area (Å²) in [6, 6.07) is 18.1. The number of hydrogen-bond acceptors (Lipinski definition) is 5. The topological polar surface area (TPSA) is 59.2 Å². The van der Waals surface area contributed by atoms with Crippen LogP contribution in [0.1, 0.15) is 45.5 Å². The van der Waals surface area contributed by atoms with Crippen molar-refractivity contribution in [2.24, 2.45) is 0 Å². The van der Waals surface area contributed by atoms with E-state index in [1.54, 1.807) is 17.5 Å². The van der Waals surface area contributed by atoms with Gasteiger partial charge < -0.3 is 9.32 Å². The number of benzene rings is 2. The molecule has 0 unspecified atom stereocenters. The van der Waals surface area contributed by atoms with E-state index in [0.29, 0.717) is 18.0 Å². The number of carbonyl (C=O) groups is 1. The van der Waals surface area contributed by atoms with Gasteiger partial charge in [0.05, 0.1) is 12.6 Å². The van der Waals surface area contributed by atoms with Crippen molar-refractivity contribution in [3.8, 4) is 11.3 Å². The highest BCUT2D eigenvalue weighted by Gasteiger charge is 2.33. The van der Waals surface area contributed by atoms with Crippen molar-refractivity contribution < 1.29 is 9.21 Å². The van der Waals surface area contributed by atoms with E-state index in [0.717, 1.165) is 29.8 Å². The molecule has 0 saturated carbocycles. The van der Waals surface area contributed by atoms with Crippen LogP contribution in [0.4, 0.5) is 0 Å². The summed E-state index contributed by atoms with van der Waals surface area (Å²) in [5, 5.41) is 2.86. The Morgan fingerprint density at radius 3 is 2.77 bits per heavy atom. The van der Waals surface area contributed by atoms with Gasteiger partial charge in [-0.25, -0.2) is 9.97 Å². The molecule has 2 heterocycles. The lowest BCUT2D eigenvalue weighted by molar-refractivity contribution is 0.0633. The zero-order valence-corrected chi connectivity index (χ0v) is 17.2. The summed E-state index contributed by atoms with van der Waals surface area (Å²) in [5.74, 6) is 0.383. The van der Waals surface area contributed by atoms with E-state index >= 15 is 0 Å². The van der Waals surface area contributed by atoms with Gasteiger partial charge in [0.2, 0.25) is 0 Å². The zero-order chi connectivity index (χ0) is 20.3. The Morgan fingerprint density at radius 2 is 1.93 bits per heavy atom. The van der Waals surface area contributed by atoms with Gasteiger partial charge in [-0.2, -0.15) is 0 Å². The van der Waals surface area contributed by atoms with E-state index in [9.17, 15) is 4.79 Å². The van der Waals surface area contributed by atoms with Crippen molar-refractivity contribution in [3.05, 3.63) is 94.4 Å². The number of amides is 1. The maximum atomic E-state index is 13.8. The third-order valence-corrected chi connectivity index (χ3v) is 6.33. The summed E-state index contributed by atoms with van der Waals surface area (Å²) in [6.07, 6.45) is 6.15. The van der Waals surface area contributed by atoms with Gasteiger partial charge in [0.1, 0.15) is 5.01 Å². The van der Waals surface area contributed by atoms with Crippen LogP contribution in [0.3, 0.4) is 0 Å². The fourth-order valence-electron chi connectivity index (χ4n) is 4.18. The van der Waals surface area contributed by atoms with Gasteiger partial charge in [-0.05, 0) is 30.4 Å². The molecule has 0 fully saturated rings. The van der Waals surface area contributed by atoms with Gasteiger partial charge in [-0.3, -0.25) is 4.79 Å². The van der Waals surface area contributed by atoms with Crippen LogP contribution in [0.15, 0.2) is 77.0 Å². The first-order valence-electron chi connectivity index (χ1n) is 10.1. The molecule has 2 aromatic carbocycles. The van der Waals surface area contributed by atoms with Crippen LogP contribution in [-0.2, 0) is 13.0 Å². The number of thiazole rings is 1. The molecule has 1 atom stereocenters. The second kappa shape index (κ2) is 8.24. The molecule has 0 bridgehead atoms. The molecule has 0 N–H and O–H groups in total. The Morgan fingerprint density at radius 1 is 1.10 bits per heavy atom. The summed E-state index contributed by atoms with van der Waals surface area (Å²) >= 11 is 1.56. The molecule has 4 aromatic rings. The van der Waals surface area contributed by atoms with Crippen LogP contribution >= 0.6 is 11.3 Å². The molecule has 0 saturated heterocycles. The van der Waals surface area contributed by atoms with E-state index in [2.05, 4.69) is 34.2 Å². The Bertz CT molecular complexity index is 1140. The van der Waals surface area contributed by atoms with Crippen molar-refractivity contribution in [1.82, 2.24) is 14.9 Å². The largest absolute Gasteiger partial charge is 0.443 e. The molecular formula is C24H21N3O2S. The van der Waals surface area contributed by atoms with Crippen LogP contribution in [0, 0.1) is 0 Å². The highest BCUT2D eigenvalue weighted by Crippen LogP contribution is 2.37. The fourth-order valence-corrected chi connectivity index (χ4v) is 4.80. The molecule has 0 radical (unpaired) electrons. The van der Waals surface area contributed by atoms with Crippen LogP contribution < -0.4 is 0 Å².